The van der Waals surface area contributed by atoms with Gasteiger partial charge >= 0.3 is 0 Å². The minimum absolute atomic E-state index is 0.0599. The Bertz CT molecular complexity index is 492. The number of halogens is 1. The molecular formula is C16H22BrNO3. The number of amides is 1. The van der Waals surface area contributed by atoms with Crippen molar-refractivity contribution in [2.45, 2.75) is 44.0 Å². The Labute approximate surface area is 134 Å². The lowest BCUT2D eigenvalue weighted by molar-refractivity contribution is 0.0938. The molecule has 2 atom stereocenters. The van der Waals surface area contributed by atoms with Crippen LogP contribution in [0.25, 0.3) is 0 Å². The Morgan fingerprint density at radius 2 is 1.95 bits per heavy atom. The maximum atomic E-state index is 12.3. The Balaban J connectivity index is 2.11. The van der Waals surface area contributed by atoms with Crippen LogP contribution in [0.5, 0.6) is 11.5 Å². The monoisotopic (exact) mass is 355 g/mol. The number of hydrogen-bond acceptors (Lipinski definition) is 3. The first-order valence-corrected chi connectivity index (χ1v) is 8.41. The van der Waals surface area contributed by atoms with E-state index in [9.17, 15) is 4.79 Å². The van der Waals surface area contributed by atoms with Gasteiger partial charge in [-0.05, 0) is 44.9 Å². The second-order valence-corrected chi connectivity index (χ2v) is 6.23. The van der Waals surface area contributed by atoms with Gasteiger partial charge in [0.2, 0.25) is 0 Å². The van der Waals surface area contributed by atoms with E-state index in [1.54, 1.807) is 18.2 Å². The van der Waals surface area contributed by atoms with E-state index in [0.29, 0.717) is 35.1 Å². The molecular weight excluding hydrogens is 334 g/mol. The predicted molar refractivity (Wildman–Crippen MR) is 86.6 cm³/mol. The Hall–Kier alpha value is -1.23. The molecule has 2 rings (SSSR count). The molecule has 2 unspecified atom stereocenters. The first-order valence-electron chi connectivity index (χ1n) is 7.50. The molecule has 1 aliphatic rings. The topological polar surface area (TPSA) is 47.6 Å². The molecule has 1 aliphatic carbocycles. The van der Waals surface area contributed by atoms with E-state index < -0.39 is 0 Å². The molecule has 1 N–H and O–H groups in total. The Kier molecular flexibility index (Phi) is 5.91. The van der Waals surface area contributed by atoms with Crippen molar-refractivity contribution in [3.05, 3.63) is 23.8 Å². The quantitative estimate of drug-likeness (QED) is 0.794. The third-order valence-corrected chi connectivity index (χ3v) is 4.65. The maximum absolute atomic E-state index is 12.3. The highest BCUT2D eigenvalue weighted by Gasteiger charge is 2.26. The number of rotatable bonds is 6. The average molecular weight is 356 g/mol. The lowest BCUT2D eigenvalue weighted by Crippen LogP contribution is -2.37. The number of nitrogens with one attached hydrogen (secondary N) is 1. The summed E-state index contributed by atoms with van der Waals surface area (Å²) in [5.74, 6) is 1.24. The fourth-order valence-corrected chi connectivity index (χ4v) is 3.24. The summed E-state index contributed by atoms with van der Waals surface area (Å²) >= 11 is 3.62. The van der Waals surface area contributed by atoms with E-state index in [4.69, 9.17) is 9.47 Å². The molecule has 0 spiro atoms. The molecule has 1 aromatic carbocycles. The summed E-state index contributed by atoms with van der Waals surface area (Å²) < 4.78 is 11.1. The summed E-state index contributed by atoms with van der Waals surface area (Å²) in [6.07, 6.45) is 3.28. The second-order valence-electron chi connectivity index (χ2n) is 5.05. The molecule has 1 amide bonds. The summed E-state index contributed by atoms with van der Waals surface area (Å²) in [5.41, 5.74) is 0.605. The SMILES string of the molecule is CCOc1ccc(C(=O)NC2CCCC2Br)cc1OCC. The van der Waals surface area contributed by atoms with E-state index in [1.165, 1.54) is 0 Å². The van der Waals surface area contributed by atoms with E-state index in [2.05, 4.69) is 21.2 Å². The van der Waals surface area contributed by atoms with E-state index in [-0.39, 0.29) is 11.9 Å². The van der Waals surface area contributed by atoms with Crippen molar-refractivity contribution in [3.8, 4) is 11.5 Å². The van der Waals surface area contributed by atoms with Crippen LogP contribution >= 0.6 is 15.9 Å². The van der Waals surface area contributed by atoms with E-state index in [1.807, 2.05) is 13.8 Å². The molecule has 0 radical (unpaired) electrons. The van der Waals surface area contributed by atoms with Crippen LogP contribution in [0.3, 0.4) is 0 Å². The third-order valence-electron chi connectivity index (χ3n) is 3.55. The molecule has 1 aromatic rings. The van der Waals surface area contributed by atoms with Crippen LogP contribution < -0.4 is 14.8 Å². The number of carbonyl (C=O) groups is 1. The molecule has 1 saturated carbocycles. The standard InChI is InChI=1S/C16H22BrNO3/c1-3-20-14-9-8-11(10-15(14)21-4-2)16(19)18-13-7-5-6-12(13)17/h8-10,12-13H,3-7H2,1-2H3,(H,18,19). The minimum Gasteiger partial charge on any atom is -0.490 e. The lowest BCUT2D eigenvalue weighted by Gasteiger charge is -2.17. The van der Waals surface area contributed by atoms with Gasteiger partial charge in [0.1, 0.15) is 0 Å². The molecule has 0 saturated heterocycles. The van der Waals surface area contributed by atoms with Crippen LogP contribution in [0.4, 0.5) is 0 Å². The highest BCUT2D eigenvalue weighted by atomic mass is 79.9. The summed E-state index contributed by atoms with van der Waals surface area (Å²) in [6, 6.07) is 5.53. The van der Waals surface area contributed by atoms with Crippen LogP contribution in [-0.2, 0) is 0 Å². The fraction of sp³-hybridized carbons (Fsp3) is 0.562. The van der Waals surface area contributed by atoms with Gasteiger partial charge in [0, 0.05) is 16.4 Å². The number of benzene rings is 1. The second kappa shape index (κ2) is 7.69. The van der Waals surface area contributed by atoms with Gasteiger partial charge in [0.05, 0.1) is 13.2 Å². The van der Waals surface area contributed by atoms with Gasteiger partial charge in [-0.2, -0.15) is 0 Å². The Morgan fingerprint density at radius 1 is 1.24 bits per heavy atom. The summed E-state index contributed by atoms with van der Waals surface area (Å²) in [6.45, 7) is 4.94. The highest BCUT2D eigenvalue weighted by molar-refractivity contribution is 9.09. The van der Waals surface area contributed by atoms with Gasteiger partial charge < -0.3 is 14.8 Å². The van der Waals surface area contributed by atoms with Gasteiger partial charge in [-0.1, -0.05) is 22.4 Å². The van der Waals surface area contributed by atoms with Crippen molar-refractivity contribution in [2.75, 3.05) is 13.2 Å². The highest BCUT2D eigenvalue weighted by Crippen LogP contribution is 2.29. The van der Waals surface area contributed by atoms with E-state index in [0.717, 1.165) is 19.3 Å². The molecule has 116 valence electrons. The normalized spacial score (nSPS) is 21.1. The zero-order chi connectivity index (χ0) is 15.2. The molecule has 0 aliphatic heterocycles. The van der Waals surface area contributed by atoms with Crippen LogP contribution in [0.15, 0.2) is 18.2 Å². The molecule has 5 heteroatoms. The van der Waals surface area contributed by atoms with Crippen LogP contribution in [0.2, 0.25) is 0 Å². The van der Waals surface area contributed by atoms with Crippen LogP contribution in [0.1, 0.15) is 43.5 Å². The number of hydrogen-bond donors (Lipinski definition) is 1. The third kappa shape index (κ3) is 4.13. The molecule has 4 nitrogen and oxygen atoms in total. The minimum atomic E-state index is -0.0599. The van der Waals surface area contributed by atoms with Gasteiger partial charge in [-0.15, -0.1) is 0 Å². The number of ether oxygens (including phenoxy) is 2. The van der Waals surface area contributed by atoms with Crippen molar-refractivity contribution in [2.24, 2.45) is 0 Å². The summed E-state index contributed by atoms with van der Waals surface area (Å²) in [4.78, 5) is 12.7. The smallest absolute Gasteiger partial charge is 0.251 e. The van der Waals surface area contributed by atoms with Crippen molar-refractivity contribution in [3.63, 3.8) is 0 Å². The average Bonchev–Trinajstić information content (AvgIpc) is 2.86. The van der Waals surface area contributed by atoms with Crippen LogP contribution in [-0.4, -0.2) is 30.0 Å². The molecule has 21 heavy (non-hydrogen) atoms. The van der Waals surface area contributed by atoms with Gasteiger partial charge in [-0.3, -0.25) is 4.79 Å². The van der Waals surface area contributed by atoms with Crippen molar-refractivity contribution < 1.29 is 14.3 Å². The molecule has 1 fully saturated rings. The number of alkyl halides is 1. The zero-order valence-electron chi connectivity index (χ0n) is 12.5. The summed E-state index contributed by atoms with van der Waals surface area (Å²) in [7, 11) is 0. The van der Waals surface area contributed by atoms with Crippen LogP contribution in [0, 0.1) is 0 Å². The first kappa shape index (κ1) is 16.1. The van der Waals surface area contributed by atoms with Gasteiger partial charge in [0.25, 0.3) is 5.91 Å². The van der Waals surface area contributed by atoms with E-state index >= 15 is 0 Å². The van der Waals surface area contributed by atoms with Crippen molar-refractivity contribution in [1.82, 2.24) is 5.32 Å². The van der Waals surface area contributed by atoms with Crippen molar-refractivity contribution in [1.29, 1.82) is 0 Å². The molecule has 0 aromatic heterocycles. The van der Waals surface area contributed by atoms with Gasteiger partial charge in [-0.25, -0.2) is 0 Å². The van der Waals surface area contributed by atoms with Crippen molar-refractivity contribution >= 4 is 21.8 Å². The predicted octanol–water partition coefficient (Wildman–Crippen LogP) is 3.53. The summed E-state index contributed by atoms with van der Waals surface area (Å²) in [5, 5.41) is 3.08. The molecule has 0 bridgehead atoms. The molecule has 0 heterocycles. The Morgan fingerprint density at radius 3 is 2.57 bits per heavy atom. The zero-order valence-corrected chi connectivity index (χ0v) is 14.1. The maximum Gasteiger partial charge on any atom is 0.251 e. The first-order chi connectivity index (χ1) is 10.2. The lowest BCUT2D eigenvalue weighted by atomic mass is 10.1. The fourth-order valence-electron chi connectivity index (χ4n) is 2.52. The largest absolute Gasteiger partial charge is 0.490 e. The number of carbonyl (C=O) groups excluding carboxylic acids is 1. The van der Waals surface area contributed by atoms with Gasteiger partial charge in [0.15, 0.2) is 11.5 Å².